The summed E-state index contributed by atoms with van der Waals surface area (Å²) in [6.07, 6.45) is 8.34. The zero-order chi connectivity index (χ0) is 7.90. The van der Waals surface area contributed by atoms with E-state index in [2.05, 4.69) is 6.92 Å². The molecule has 0 bridgehead atoms. The van der Waals surface area contributed by atoms with E-state index in [9.17, 15) is 0 Å². The van der Waals surface area contributed by atoms with Crippen LogP contribution < -0.4 is 5.73 Å². The number of hydrogen-bond acceptors (Lipinski definition) is 1. The Morgan fingerprint density at radius 2 is 1.82 bits per heavy atom. The molecular weight excluding hydrogens is 134 g/mol. The number of rotatable bonds is 0. The van der Waals surface area contributed by atoms with Gasteiger partial charge < -0.3 is 5.73 Å². The first-order valence-corrected chi connectivity index (χ1v) is 5.01. The third-order valence-electron chi connectivity index (χ3n) is 4.16. The summed E-state index contributed by atoms with van der Waals surface area (Å²) in [5.41, 5.74) is 6.75. The first-order chi connectivity index (χ1) is 5.26. The van der Waals surface area contributed by atoms with Gasteiger partial charge in [0.2, 0.25) is 0 Å². The predicted octanol–water partition coefficient (Wildman–Crippen LogP) is 2.30. The minimum absolute atomic E-state index is 0.528. The molecule has 3 unspecified atom stereocenters. The second-order valence-corrected chi connectivity index (χ2v) is 4.53. The van der Waals surface area contributed by atoms with Crippen molar-refractivity contribution in [1.82, 2.24) is 0 Å². The maximum absolute atomic E-state index is 6.17. The molecule has 0 radical (unpaired) electrons. The summed E-state index contributed by atoms with van der Waals surface area (Å²) >= 11 is 0. The van der Waals surface area contributed by atoms with Gasteiger partial charge in [0.1, 0.15) is 0 Å². The highest BCUT2D eigenvalue weighted by Crippen LogP contribution is 2.53. The van der Waals surface area contributed by atoms with Crippen molar-refractivity contribution in [3.05, 3.63) is 0 Å². The first-order valence-electron chi connectivity index (χ1n) is 5.01. The molecule has 1 spiro atoms. The van der Waals surface area contributed by atoms with Gasteiger partial charge in [0.25, 0.3) is 0 Å². The van der Waals surface area contributed by atoms with Crippen LogP contribution >= 0.6 is 0 Å². The summed E-state index contributed by atoms with van der Waals surface area (Å²) in [7, 11) is 0. The molecule has 1 nitrogen and oxygen atoms in total. The average Bonchev–Trinajstić information content (AvgIpc) is 2.48. The zero-order valence-electron chi connectivity index (χ0n) is 7.47. The molecule has 2 aliphatic rings. The van der Waals surface area contributed by atoms with Crippen LogP contribution in [0, 0.1) is 11.3 Å². The van der Waals surface area contributed by atoms with E-state index in [1.807, 2.05) is 0 Å². The van der Waals surface area contributed by atoms with Crippen LogP contribution in [-0.4, -0.2) is 6.04 Å². The average molecular weight is 153 g/mol. The highest BCUT2D eigenvalue weighted by atomic mass is 14.7. The van der Waals surface area contributed by atoms with Gasteiger partial charge in [-0.3, -0.25) is 0 Å². The Labute approximate surface area is 69.4 Å². The molecule has 2 rings (SSSR count). The molecule has 0 amide bonds. The Kier molecular flexibility index (Phi) is 1.71. The molecule has 0 heterocycles. The summed E-state index contributed by atoms with van der Waals surface area (Å²) in [6, 6.07) is 0.528. The van der Waals surface area contributed by atoms with Gasteiger partial charge in [0.15, 0.2) is 0 Å². The standard InChI is InChI=1S/C10H19N/c1-8-4-2-6-10(8)7-3-5-9(10)11/h8-9H,2-7,11H2,1H3. The molecule has 3 atom stereocenters. The first kappa shape index (κ1) is 7.60. The van der Waals surface area contributed by atoms with E-state index in [0.29, 0.717) is 11.5 Å². The Bertz CT molecular complexity index is 135. The lowest BCUT2D eigenvalue weighted by Crippen LogP contribution is -2.38. The second kappa shape index (κ2) is 2.48. The van der Waals surface area contributed by atoms with Crippen molar-refractivity contribution in [2.75, 3.05) is 0 Å². The van der Waals surface area contributed by atoms with E-state index in [4.69, 9.17) is 5.73 Å². The molecule has 2 saturated carbocycles. The molecular formula is C10H19N. The van der Waals surface area contributed by atoms with E-state index in [0.717, 1.165) is 5.92 Å². The van der Waals surface area contributed by atoms with Gasteiger partial charge in [-0.2, -0.15) is 0 Å². The fraction of sp³-hybridized carbons (Fsp3) is 1.00. The van der Waals surface area contributed by atoms with Crippen molar-refractivity contribution in [3.8, 4) is 0 Å². The molecule has 64 valence electrons. The topological polar surface area (TPSA) is 26.0 Å². The maximum Gasteiger partial charge on any atom is 0.00981 e. The van der Waals surface area contributed by atoms with Crippen LogP contribution in [0.15, 0.2) is 0 Å². The third-order valence-corrected chi connectivity index (χ3v) is 4.16. The van der Waals surface area contributed by atoms with Gasteiger partial charge in [-0.25, -0.2) is 0 Å². The summed E-state index contributed by atoms with van der Waals surface area (Å²) in [5.74, 6) is 0.903. The normalized spacial score (nSPS) is 50.7. The largest absolute Gasteiger partial charge is 0.327 e. The molecule has 0 aromatic rings. The summed E-state index contributed by atoms with van der Waals surface area (Å²) in [6.45, 7) is 2.40. The van der Waals surface area contributed by atoms with Crippen LogP contribution in [0.5, 0.6) is 0 Å². The Balaban J connectivity index is 2.19. The number of nitrogens with two attached hydrogens (primary N) is 1. The van der Waals surface area contributed by atoms with Crippen LogP contribution in [0.25, 0.3) is 0 Å². The Hall–Kier alpha value is -0.0400. The van der Waals surface area contributed by atoms with Crippen LogP contribution in [0.3, 0.4) is 0 Å². The smallest absolute Gasteiger partial charge is 0.00981 e. The van der Waals surface area contributed by atoms with E-state index < -0.39 is 0 Å². The monoisotopic (exact) mass is 153 g/mol. The SMILES string of the molecule is CC1CCCC12CCCC2N. The van der Waals surface area contributed by atoms with Gasteiger partial charge in [0, 0.05) is 6.04 Å². The summed E-state index contributed by atoms with van der Waals surface area (Å²) in [4.78, 5) is 0. The lowest BCUT2D eigenvalue weighted by Gasteiger charge is -2.33. The van der Waals surface area contributed by atoms with E-state index >= 15 is 0 Å². The molecule has 2 aliphatic carbocycles. The van der Waals surface area contributed by atoms with Crippen molar-refractivity contribution in [3.63, 3.8) is 0 Å². The molecule has 0 aromatic carbocycles. The maximum atomic E-state index is 6.17. The molecule has 2 fully saturated rings. The van der Waals surface area contributed by atoms with Crippen molar-refractivity contribution >= 4 is 0 Å². The van der Waals surface area contributed by atoms with Gasteiger partial charge in [0.05, 0.1) is 0 Å². The van der Waals surface area contributed by atoms with Gasteiger partial charge in [-0.05, 0) is 30.6 Å². The molecule has 2 N–H and O–H groups in total. The Morgan fingerprint density at radius 1 is 1.18 bits per heavy atom. The van der Waals surface area contributed by atoms with Gasteiger partial charge in [-0.1, -0.05) is 26.2 Å². The fourth-order valence-electron chi connectivity index (χ4n) is 3.32. The molecule has 0 aromatic heterocycles. The lowest BCUT2D eigenvalue weighted by atomic mass is 9.75. The van der Waals surface area contributed by atoms with E-state index in [1.54, 1.807) is 0 Å². The van der Waals surface area contributed by atoms with Crippen LogP contribution in [0.2, 0.25) is 0 Å². The number of hydrogen-bond donors (Lipinski definition) is 1. The van der Waals surface area contributed by atoms with E-state index in [1.165, 1.54) is 38.5 Å². The van der Waals surface area contributed by atoms with Crippen LogP contribution in [-0.2, 0) is 0 Å². The zero-order valence-corrected chi connectivity index (χ0v) is 7.47. The van der Waals surface area contributed by atoms with Crippen molar-refractivity contribution < 1.29 is 0 Å². The lowest BCUT2D eigenvalue weighted by molar-refractivity contribution is 0.194. The summed E-state index contributed by atoms with van der Waals surface area (Å²) < 4.78 is 0. The minimum Gasteiger partial charge on any atom is -0.327 e. The van der Waals surface area contributed by atoms with Crippen molar-refractivity contribution in [2.24, 2.45) is 17.1 Å². The predicted molar refractivity (Wildman–Crippen MR) is 47.3 cm³/mol. The fourth-order valence-corrected chi connectivity index (χ4v) is 3.32. The second-order valence-electron chi connectivity index (χ2n) is 4.53. The highest BCUT2D eigenvalue weighted by Gasteiger charge is 2.47. The summed E-state index contributed by atoms with van der Waals surface area (Å²) in [5, 5.41) is 0. The highest BCUT2D eigenvalue weighted by molar-refractivity contribution is 5.00. The molecule has 0 saturated heterocycles. The molecule has 0 aliphatic heterocycles. The Morgan fingerprint density at radius 3 is 2.27 bits per heavy atom. The van der Waals surface area contributed by atoms with Crippen molar-refractivity contribution in [2.45, 2.75) is 51.5 Å². The van der Waals surface area contributed by atoms with Gasteiger partial charge in [-0.15, -0.1) is 0 Å². The third kappa shape index (κ3) is 0.936. The van der Waals surface area contributed by atoms with Gasteiger partial charge >= 0.3 is 0 Å². The molecule has 11 heavy (non-hydrogen) atoms. The van der Waals surface area contributed by atoms with Crippen molar-refractivity contribution in [1.29, 1.82) is 0 Å². The minimum atomic E-state index is 0.528. The van der Waals surface area contributed by atoms with Crippen LogP contribution in [0.4, 0.5) is 0 Å². The van der Waals surface area contributed by atoms with E-state index in [-0.39, 0.29) is 0 Å². The quantitative estimate of drug-likeness (QED) is 0.568. The van der Waals surface area contributed by atoms with Crippen LogP contribution in [0.1, 0.15) is 45.4 Å². The molecule has 1 heteroatoms.